The molecule has 2 aromatic carbocycles. The van der Waals surface area contributed by atoms with Crippen LogP contribution >= 0.6 is 0 Å². The van der Waals surface area contributed by atoms with Crippen molar-refractivity contribution in [1.82, 2.24) is 10.3 Å². The summed E-state index contributed by atoms with van der Waals surface area (Å²) < 4.78 is 5.75. The molecule has 1 aliphatic rings. The number of nitrogens with one attached hydrogen (secondary N) is 2. The Bertz CT molecular complexity index is 1110. The minimum atomic E-state index is -0.964. The van der Waals surface area contributed by atoms with E-state index in [1.165, 1.54) is 23.4 Å². The zero-order valence-corrected chi connectivity index (χ0v) is 19.2. The first-order valence-corrected chi connectivity index (χ1v) is 11.2. The van der Waals surface area contributed by atoms with Gasteiger partial charge in [0.1, 0.15) is 5.75 Å². The molecule has 1 aromatic heterocycles. The van der Waals surface area contributed by atoms with Crippen LogP contribution in [0.3, 0.4) is 0 Å². The maximum Gasteiger partial charge on any atom is 0.337 e. The van der Waals surface area contributed by atoms with Gasteiger partial charge in [0.25, 0.3) is 0 Å². The zero-order chi connectivity index (χ0) is 23.4. The Morgan fingerprint density at radius 1 is 1.21 bits per heavy atom. The van der Waals surface area contributed by atoms with Gasteiger partial charge in [-0.2, -0.15) is 0 Å². The molecule has 3 aromatic rings. The van der Waals surface area contributed by atoms with Gasteiger partial charge in [0.2, 0.25) is 0 Å². The summed E-state index contributed by atoms with van der Waals surface area (Å²) in [6.45, 7) is 5.48. The molecule has 2 heterocycles. The second-order valence-corrected chi connectivity index (χ2v) is 8.47. The Labute approximate surface area is 194 Å². The second-order valence-electron chi connectivity index (χ2n) is 8.47. The van der Waals surface area contributed by atoms with Crippen molar-refractivity contribution in [3.8, 4) is 5.75 Å². The van der Waals surface area contributed by atoms with Gasteiger partial charge in [0.05, 0.1) is 23.6 Å². The fourth-order valence-electron chi connectivity index (χ4n) is 4.13. The molecule has 0 unspecified atom stereocenters. The molecule has 1 aliphatic heterocycles. The summed E-state index contributed by atoms with van der Waals surface area (Å²) in [5.74, 6) is -0.0953. The summed E-state index contributed by atoms with van der Waals surface area (Å²) in [5, 5.41) is 16.2. The van der Waals surface area contributed by atoms with Gasteiger partial charge in [-0.15, -0.1) is 0 Å². The molecule has 33 heavy (non-hydrogen) atoms. The number of nitrogens with zero attached hydrogens (tertiary/aromatic N) is 2. The van der Waals surface area contributed by atoms with Crippen LogP contribution in [0, 0.1) is 0 Å². The van der Waals surface area contributed by atoms with E-state index in [1.54, 1.807) is 6.20 Å². The van der Waals surface area contributed by atoms with Gasteiger partial charge in [0.15, 0.2) is 0 Å². The van der Waals surface area contributed by atoms with Crippen LogP contribution < -0.4 is 20.3 Å². The van der Waals surface area contributed by atoms with Gasteiger partial charge >= 0.3 is 5.97 Å². The molecule has 3 N–H and O–H groups in total. The minimum Gasteiger partial charge on any atom is -0.491 e. The topological polar surface area (TPSA) is 86.7 Å². The van der Waals surface area contributed by atoms with Gasteiger partial charge in [-0.3, -0.25) is 4.98 Å². The van der Waals surface area contributed by atoms with E-state index < -0.39 is 5.97 Å². The van der Waals surface area contributed by atoms with Crippen molar-refractivity contribution >= 4 is 23.0 Å². The highest BCUT2D eigenvalue weighted by Gasteiger charge is 2.21. The molecular weight excluding hydrogens is 416 g/mol. The number of carbonyl (C=O) groups is 1. The average molecular weight is 447 g/mol. The standard InChI is InChI=1S/C26H30N4O3/c1-17(2)33-21-7-4-19(5-8-21)30(3)20-6-9-22-18(14-20)10-13-28-25(22)16-29-24-15-27-12-11-23(24)26(31)32/h4-9,11-12,14-15,17,25,28-29H,10,13,16H2,1-3H3,(H,31,32)/t25-/m1/s1. The lowest BCUT2D eigenvalue weighted by atomic mass is 9.93. The van der Waals surface area contributed by atoms with Crippen LogP contribution in [0.1, 0.15) is 41.4 Å². The Hall–Kier alpha value is -3.58. The van der Waals surface area contributed by atoms with Crippen LogP contribution in [0.25, 0.3) is 0 Å². The van der Waals surface area contributed by atoms with Gasteiger partial charge < -0.3 is 25.4 Å². The molecule has 0 radical (unpaired) electrons. The fourth-order valence-corrected chi connectivity index (χ4v) is 4.13. The number of benzene rings is 2. The zero-order valence-electron chi connectivity index (χ0n) is 19.2. The number of aromatic carboxylic acids is 1. The van der Waals surface area contributed by atoms with E-state index in [2.05, 4.69) is 57.9 Å². The average Bonchev–Trinajstić information content (AvgIpc) is 2.82. The first-order valence-electron chi connectivity index (χ1n) is 11.2. The van der Waals surface area contributed by atoms with Crippen molar-refractivity contribution in [2.24, 2.45) is 0 Å². The number of carboxylic acids is 1. The molecule has 4 rings (SSSR count). The van der Waals surface area contributed by atoms with Gasteiger partial charge in [-0.25, -0.2) is 4.79 Å². The van der Waals surface area contributed by atoms with Crippen LogP contribution in [0.5, 0.6) is 5.75 Å². The smallest absolute Gasteiger partial charge is 0.337 e. The third-order valence-electron chi connectivity index (χ3n) is 5.82. The van der Waals surface area contributed by atoms with Crippen molar-refractivity contribution in [3.05, 3.63) is 77.6 Å². The number of hydrogen-bond donors (Lipinski definition) is 3. The molecule has 0 saturated carbocycles. The molecule has 0 amide bonds. The number of ether oxygens (including phenoxy) is 1. The van der Waals surface area contributed by atoms with Crippen molar-refractivity contribution in [3.63, 3.8) is 0 Å². The first kappa shape index (κ1) is 22.6. The van der Waals surface area contributed by atoms with E-state index in [1.807, 2.05) is 26.0 Å². The lowest BCUT2D eigenvalue weighted by Gasteiger charge is -2.29. The predicted octanol–water partition coefficient (Wildman–Crippen LogP) is 4.63. The summed E-state index contributed by atoms with van der Waals surface area (Å²) in [4.78, 5) is 17.7. The fraction of sp³-hybridized carbons (Fsp3) is 0.308. The highest BCUT2D eigenvalue weighted by Crippen LogP contribution is 2.31. The molecule has 0 fully saturated rings. The van der Waals surface area contributed by atoms with Crippen molar-refractivity contribution in [1.29, 1.82) is 0 Å². The van der Waals surface area contributed by atoms with Crippen molar-refractivity contribution in [2.45, 2.75) is 32.4 Å². The largest absolute Gasteiger partial charge is 0.491 e. The Morgan fingerprint density at radius 2 is 1.97 bits per heavy atom. The van der Waals surface area contributed by atoms with E-state index in [0.29, 0.717) is 12.2 Å². The molecule has 7 heteroatoms. The van der Waals surface area contributed by atoms with Gasteiger partial charge in [0, 0.05) is 37.2 Å². The van der Waals surface area contributed by atoms with E-state index >= 15 is 0 Å². The summed E-state index contributed by atoms with van der Waals surface area (Å²) in [6.07, 6.45) is 4.15. The summed E-state index contributed by atoms with van der Waals surface area (Å²) in [6, 6.07) is 16.3. The third-order valence-corrected chi connectivity index (χ3v) is 5.82. The van der Waals surface area contributed by atoms with Crippen molar-refractivity contribution in [2.75, 3.05) is 30.4 Å². The van der Waals surface area contributed by atoms with E-state index in [0.717, 1.165) is 30.1 Å². The number of pyridine rings is 1. The number of fused-ring (bicyclic) bond motifs is 1. The maximum atomic E-state index is 11.5. The van der Waals surface area contributed by atoms with Crippen LogP contribution in [0.4, 0.5) is 17.1 Å². The Balaban J connectivity index is 1.48. The molecule has 0 aliphatic carbocycles. The molecule has 7 nitrogen and oxygen atoms in total. The number of carboxylic acid groups (broad SMARTS) is 1. The molecule has 0 saturated heterocycles. The highest BCUT2D eigenvalue weighted by molar-refractivity contribution is 5.93. The summed E-state index contributed by atoms with van der Waals surface area (Å²) in [7, 11) is 2.07. The van der Waals surface area contributed by atoms with Crippen LogP contribution in [-0.2, 0) is 6.42 Å². The second kappa shape index (κ2) is 9.92. The molecule has 172 valence electrons. The predicted molar refractivity (Wildman–Crippen MR) is 131 cm³/mol. The molecule has 0 spiro atoms. The number of hydrogen-bond acceptors (Lipinski definition) is 6. The number of rotatable bonds is 8. The normalized spacial score (nSPS) is 15.1. The monoisotopic (exact) mass is 446 g/mol. The van der Waals surface area contributed by atoms with Crippen LogP contribution in [0.15, 0.2) is 60.9 Å². The van der Waals surface area contributed by atoms with E-state index in [-0.39, 0.29) is 17.7 Å². The lowest BCUT2D eigenvalue weighted by molar-refractivity contribution is 0.0697. The molecule has 0 bridgehead atoms. The van der Waals surface area contributed by atoms with Crippen LogP contribution in [0.2, 0.25) is 0 Å². The lowest BCUT2D eigenvalue weighted by Crippen LogP contribution is -2.34. The minimum absolute atomic E-state index is 0.0856. The summed E-state index contributed by atoms with van der Waals surface area (Å²) >= 11 is 0. The Kier molecular flexibility index (Phi) is 6.79. The van der Waals surface area contributed by atoms with Gasteiger partial charge in [-0.1, -0.05) is 6.07 Å². The Morgan fingerprint density at radius 3 is 2.70 bits per heavy atom. The summed E-state index contributed by atoms with van der Waals surface area (Å²) in [5.41, 5.74) is 5.50. The van der Waals surface area contributed by atoms with Gasteiger partial charge in [-0.05, 0) is 80.4 Å². The van der Waals surface area contributed by atoms with Crippen LogP contribution in [-0.4, -0.2) is 42.3 Å². The van der Waals surface area contributed by atoms with Crippen molar-refractivity contribution < 1.29 is 14.6 Å². The molecule has 1 atom stereocenters. The first-order chi connectivity index (χ1) is 15.9. The third kappa shape index (κ3) is 5.26. The number of aromatic nitrogens is 1. The maximum absolute atomic E-state index is 11.5. The number of anilines is 3. The molecular formula is C26H30N4O3. The SMILES string of the molecule is CC(C)Oc1ccc(N(C)c2ccc3c(c2)CCN[C@@H]3CNc2cnccc2C(=O)O)cc1. The highest BCUT2D eigenvalue weighted by atomic mass is 16.5. The van der Waals surface area contributed by atoms with E-state index in [4.69, 9.17) is 4.74 Å². The quantitative estimate of drug-likeness (QED) is 0.465. The van der Waals surface area contributed by atoms with E-state index in [9.17, 15) is 9.90 Å².